The number of carbonyl (C=O) groups is 2. The second-order valence-corrected chi connectivity index (χ2v) is 7.47. The van der Waals surface area contributed by atoms with Crippen LogP contribution in [0.25, 0.3) is 0 Å². The Morgan fingerprint density at radius 3 is 2.50 bits per heavy atom. The summed E-state index contributed by atoms with van der Waals surface area (Å²) in [4.78, 5) is 27.8. The number of nitrogens with zero attached hydrogens (tertiary/aromatic N) is 2. The van der Waals surface area contributed by atoms with E-state index >= 15 is 0 Å². The van der Waals surface area contributed by atoms with Crippen molar-refractivity contribution in [2.75, 3.05) is 39.3 Å². The summed E-state index contributed by atoms with van der Waals surface area (Å²) in [7, 11) is 0. The molecule has 0 spiro atoms. The highest BCUT2D eigenvalue weighted by molar-refractivity contribution is 5.83. The predicted octanol–water partition coefficient (Wildman–Crippen LogP) is 2.42. The average molecular weight is 377 g/mol. The average Bonchev–Trinajstić information content (AvgIpc) is 2.60. The van der Waals surface area contributed by atoms with E-state index in [0.717, 1.165) is 19.3 Å². The van der Waals surface area contributed by atoms with Crippen LogP contribution in [0, 0.1) is 11.8 Å². The molecule has 0 aliphatic carbocycles. The molecule has 0 radical (unpaired) electrons. The van der Waals surface area contributed by atoms with Crippen LogP contribution in [0.5, 0.6) is 0 Å². The van der Waals surface area contributed by atoms with Crippen molar-refractivity contribution in [1.82, 2.24) is 15.1 Å². The second kappa shape index (κ2) is 9.58. The van der Waals surface area contributed by atoms with Crippen molar-refractivity contribution in [3.8, 4) is 0 Å². The predicted molar refractivity (Wildman–Crippen MR) is 92.4 cm³/mol. The van der Waals surface area contributed by atoms with Crippen LogP contribution in [0.3, 0.4) is 0 Å². The lowest BCUT2D eigenvalue weighted by molar-refractivity contribution is -0.140. The fraction of sp³-hybridized carbons (Fsp3) is 0.889. The summed E-state index contributed by atoms with van der Waals surface area (Å²) in [6, 6.07) is 0. The van der Waals surface area contributed by atoms with Gasteiger partial charge < -0.3 is 15.1 Å². The summed E-state index contributed by atoms with van der Waals surface area (Å²) in [6.07, 6.45) is -1.34. The van der Waals surface area contributed by atoms with Gasteiger partial charge in [0.2, 0.25) is 11.8 Å². The van der Waals surface area contributed by atoms with Crippen LogP contribution < -0.4 is 5.32 Å². The zero-order valence-corrected chi connectivity index (χ0v) is 15.5. The zero-order chi connectivity index (χ0) is 19.2. The maximum absolute atomic E-state index is 12.4. The summed E-state index contributed by atoms with van der Waals surface area (Å²) in [5.74, 6) is 0.296. The fourth-order valence-corrected chi connectivity index (χ4v) is 3.70. The van der Waals surface area contributed by atoms with Crippen LogP contribution in [0.4, 0.5) is 13.2 Å². The molecule has 8 heteroatoms. The maximum atomic E-state index is 12.4. The van der Waals surface area contributed by atoms with Gasteiger partial charge in [-0.15, -0.1) is 0 Å². The van der Waals surface area contributed by atoms with Crippen LogP contribution in [0.2, 0.25) is 0 Å². The molecule has 2 aliphatic rings. The minimum Gasteiger partial charge on any atom is -0.356 e. The summed E-state index contributed by atoms with van der Waals surface area (Å²) < 4.78 is 36.8. The van der Waals surface area contributed by atoms with Crippen molar-refractivity contribution >= 4 is 11.8 Å². The Balaban J connectivity index is 1.66. The van der Waals surface area contributed by atoms with Gasteiger partial charge in [0.15, 0.2) is 0 Å². The number of hydrogen-bond donors (Lipinski definition) is 1. The van der Waals surface area contributed by atoms with Crippen molar-refractivity contribution in [1.29, 1.82) is 0 Å². The number of hydrogen-bond acceptors (Lipinski definition) is 3. The summed E-state index contributed by atoms with van der Waals surface area (Å²) in [5.41, 5.74) is 0. The molecule has 2 heterocycles. The molecule has 2 rings (SSSR count). The van der Waals surface area contributed by atoms with Crippen molar-refractivity contribution < 1.29 is 22.8 Å². The quantitative estimate of drug-likeness (QED) is 0.741. The molecular formula is C18H30F3N3O2. The molecule has 5 nitrogen and oxygen atoms in total. The Morgan fingerprint density at radius 2 is 1.88 bits per heavy atom. The van der Waals surface area contributed by atoms with Crippen molar-refractivity contribution in [2.24, 2.45) is 11.8 Å². The third kappa shape index (κ3) is 6.78. The Kier molecular flexibility index (Phi) is 7.73. The topological polar surface area (TPSA) is 52.7 Å². The molecule has 0 aromatic carbocycles. The smallest absolute Gasteiger partial charge is 0.356 e. The molecule has 1 unspecified atom stereocenters. The van der Waals surface area contributed by atoms with Crippen LogP contribution in [-0.4, -0.2) is 67.1 Å². The van der Waals surface area contributed by atoms with Gasteiger partial charge in [0.05, 0.1) is 12.3 Å². The highest BCUT2D eigenvalue weighted by Gasteiger charge is 2.31. The summed E-state index contributed by atoms with van der Waals surface area (Å²) in [6.45, 7) is 5.14. The Morgan fingerprint density at radius 1 is 1.19 bits per heavy atom. The van der Waals surface area contributed by atoms with E-state index in [1.807, 2.05) is 11.8 Å². The number of amides is 2. The summed E-state index contributed by atoms with van der Waals surface area (Å²) in [5, 5.41) is 3.00. The number of halogens is 3. The van der Waals surface area contributed by atoms with E-state index in [0.29, 0.717) is 51.5 Å². The molecule has 0 aromatic rings. The first-order valence-corrected chi connectivity index (χ1v) is 9.63. The van der Waals surface area contributed by atoms with Crippen LogP contribution in [-0.2, 0) is 9.59 Å². The third-order valence-electron chi connectivity index (χ3n) is 5.35. The van der Waals surface area contributed by atoms with Crippen molar-refractivity contribution in [3.63, 3.8) is 0 Å². The van der Waals surface area contributed by atoms with Gasteiger partial charge >= 0.3 is 6.18 Å². The second-order valence-electron chi connectivity index (χ2n) is 7.47. The van der Waals surface area contributed by atoms with Crippen molar-refractivity contribution in [2.45, 2.75) is 51.6 Å². The van der Waals surface area contributed by atoms with E-state index in [-0.39, 0.29) is 24.3 Å². The molecule has 2 aliphatic heterocycles. The highest BCUT2D eigenvalue weighted by atomic mass is 19.4. The van der Waals surface area contributed by atoms with Gasteiger partial charge in [0, 0.05) is 32.6 Å². The highest BCUT2D eigenvalue weighted by Crippen LogP contribution is 2.23. The zero-order valence-electron chi connectivity index (χ0n) is 15.5. The first-order chi connectivity index (χ1) is 12.3. The Hall–Kier alpha value is -1.31. The van der Waals surface area contributed by atoms with Gasteiger partial charge in [-0.25, -0.2) is 0 Å². The van der Waals surface area contributed by atoms with Crippen LogP contribution >= 0.6 is 0 Å². The molecule has 2 fully saturated rings. The first-order valence-electron chi connectivity index (χ1n) is 9.63. The van der Waals surface area contributed by atoms with E-state index in [1.165, 1.54) is 0 Å². The molecule has 2 amide bonds. The number of piperidine rings is 2. The van der Waals surface area contributed by atoms with E-state index < -0.39 is 12.6 Å². The number of alkyl halides is 3. The Labute approximate surface area is 153 Å². The third-order valence-corrected chi connectivity index (χ3v) is 5.35. The number of carbonyl (C=O) groups excluding carboxylic acids is 2. The lowest BCUT2D eigenvalue weighted by atomic mass is 9.94. The molecule has 0 saturated carbocycles. The van der Waals surface area contributed by atoms with Gasteiger partial charge in [0.25, 0.3) is 0 Å². The van der Waals surface area contributed by atoms with Gasteiger partial charge in [-0.05, 0) is 44.7 Å². The lowest BCUT2D eigenvalue weighted by Crippen LogP contribution is -2.47. The van der Waals surface area contributed by atoms with Gasteiger partial charge in [-0.3, -0.25) is 9.59 Å². The van der Waals surface area contributed by atoms with Gasteiger partial charge in [-0.2, -0.15) is 13.2 Å². The minimum atomic E-state index is -4.10. The monoisotopic (exact) mass is 377 g/mol. The SMILES string of the molecule is CCCN1CC(C(=O)NCC2CCN(CCC(F)(F)F)CC2)CCC1=O. The molecule has 1 atom stereocenters. The molecular weight excluding hydrogens is 347 g/mol. The van der Waals surface area contributed by atoms with E-state index in [4.69, 9.17) is 0 Å². The number of likely N-dealkylation sites (tertiary alicyclic amines) is 2. The molecule has 2 saturated heterocycles. The van der Waals surface area contributed by atoms with Gasteiger partial charge in [-0.1, -0.05) is 6.92 Å². The van der Waals surface area contributed by atoms with E-state index in [9.17, 15) is 22.8 Å². The molecule has 0 aromatic heterocycles. The first kappa shape index (κ1) is 21.0. The molecule has 150 valence electrons. The van der Waals surface area contributed by atoms with E-state index in [1.54, 1.807) is 4.90 Å². The van der Waals surface area contributed by atoms with Crippen LogP contribution in [0.1, 0.15) is 45.4 Å². The molecule has 26 heavy (non-hydrogen) atoms. The number of nitrogens with one attached hydrogen (secondary N) is 1. The largest absolute Gasteiger partial charge is 0.390 e. The normalized spacial score (nSPS) is 23.3. The van der Waals surface area contributed by atoms with Gasteiger partial charge in [0.1, 0.15) is 0 Å². The lowest BCUT2D eigenvalue weighted by Gasteiger charge is -2.34. The van der Waals surface area contributed by atoms with Crippen LogP contribution in [0.15, 0.2) is 0 Å². The Bertz CT molecular complexity index is 477. The number of rotatable bonds is 7. The molecule has 1 N–H and O–H groups in total. The maximum Gasteiger partial charge on any atom is 0.390 e. The van der Waals surface area contributed by atoms with E-state index in [2.05, 4.69) is 5.32 Å². The standard InChI is InChI=1S/C18H30F3N3O2/c1-2-8-24-13-15(3-4-16(24)25)17(26)22-12-14-5-9-23(10-6-14)11-7-18(19,20)21/h14-15H,2-13H2,1H3,(H,22,26). The minimum absolute atomic E-state index is 0.00176. The summed E-state index contributed by atoms with van der Waals surface area (Å²) >= 11 is 0. The van der Waals surface area contributed by atoms with Crippen molar-refractivity contribution in [3.05, 3.63) is 0 Å². The fourth-order valence-electron chi connectivity index (χ4n) is 3.70. The molecule has 0 bridgehead atoms.